The zero-order valence-corrected chi connectivity index (χ0v) is 17.6. The van der Waals surface area contributed by atoms with Gasteiger partial charge in [-0.15, -0.1) is 0 Å². The van der Waals surface area contributed by atoms with Crippen molar-refractivity contribution in [2.24, 2.45) is 0 Å². The highest BCUT2D eigenvalue weighted by Crippen LogP contribution is 2.14. The molecule has 4 aromatic rings. The molecule has 6 heteroatoms. The van der Waals surface area contributed by atoms with Gasteiger partial charge in [0, 0.05) is 31.2 Å². The van der Waals surface area contributed by atoms with Gasteiger partial charge in [-0.3, -0.25) is 9.78 Å². The van der Waals surface area contributed by atoms with Crippen LogP contribution in [0.1, 0.15) is 16.8 Å². The molecule has 0 bridgehead atoms. The number of nitrogens with zero attached hydrogens (tertiary/aromatic N) is 3. The molecule has 0 atom stereocenters. The average molecular weight is 425 g/mol. The van der Waals surface area contributed by atoms with Crippen LogP contribution in [0.15, 0.2) is 97.5 Å². The number of hydrogen-bond acceptors (Lipinski definition) is 4. The first-order valence-electron chi connectivity index (χ1n) is 10.4. The van der Waals surface area contributed by atoms with E-state index in [1.807, 2.05) is 71.5 Å². The summed E-state index contributed by atoms with van der Waals surface area (Å²) in [6.45, 7) is 0.995. The lowest BCUT2D eigenvalue weighted by Gasteiger charge is -2.06. The molecule has 160 valence electrons. The molecule has 1 N–H and O–H groups in total. The number of pyridine rings is 1. The maximum Gasteiger partial charge on any atom is 0.244 e. The molecule has 6 nitrogen and oxygen atoms in total. The first kappa shape index (κ1) is 21.1. The van der Waals surface area contributed by atoms with E-state index in [1.165, 1.54) is 0 Å². The molecule has 0 aliphatic carbocycles. The molecule has 0 spiro atoms. The molecular weight excluding hydrogens is 400 g/mol. The molecule has 0 saturated heterocycles. The van der Waals surface area contributed by atoms with Crippen LogP contribution in [0.25, 0.3) is 11.8 Å². The SMILES string of the molecule is O=C(/C=C/c1ccc(OCc2ccccn2)cc1)NCCc1ccc(-n2cccn2)cc1. The van der Waals surface area contributed by atoms with E-state index >= 15 is 0 Å². The van der Waals surface area contributed by atoms with Crippen LogP contribution in [0.4, 0.5) is 0 Å². The summed E-state index contributed by atoms with van der Waals surface area (Å²) in [6.07, 6.45) is 9.51. The largest absolute Gasteiger partial charge is 0.487 e. The molecule has 0 radical (unpaired) electrons. The van der Waals surface area contributed by atoms with Crippen LogP contribution in [-0.4, -0.2) is 27.2 Å². The minimum Gasteiger partial charge on any atom is -0.487 e. The number of benzene rings is 2. The highest BCUT2D eigenvalue weighted by Gasteiger charge is 2.00. The normalized spacial score (nSPS) is 10.9. The fourth-order valence-electron chi connectivity index (χ4n) is 3.11. The van der Waals surface area contributed by atoms with E-state index in [2.05, 4.69) is 27.5 Å². The molecular formula is C26H24N4O2. The van der Waals surface area contributed by atoms with Crippen molar-refractivity contribution < 1.29 is 9.53 Å². The van der Waals surface area contributed by atoms with Crippen LogP contribution in [0.2, 0.25) is 0 Å². The lowest BCUT2D eigenvalue weighted by Crippen LogP contribution is -2.23. The number of aromatic nitrogens is 3. The summed E-state index contributed by atoms with van der Waals surface area (Å²) in [5.74, 6) is 0.643. The van der Waals surface area contributed by atoms with Crippen molar-refractivity contribution in [1.29, 1.82) is 0 Å². The predicted molar refractivity (Wildman–Crippen MR) is 124 cm³/mol. The minimum atomic E-state index is -0.117. The quantitative estimate of drug-likeness (QED) is 0.409. The van der Waals surface area contributed by atoms with Crippen LogP contribution in [-0.2, 0) is 17.8 Å². The molecule has 2 heterocycles. The van der Waals surface area contributed by atoms with Gasteiger partial charge >= 0.3 is 0 Å². The van der Waals surface area contributed by atoms with E-state index in [-0.39, 0.29) is 5.91 Å². The number of carbonyl (C=O) groups excluding carboxylic acids is 1. The van der Waals surface area contributed by atoms with E-state index < -0.39 is 0 Å². The maximum atomic E-state index is 12.1. The highest BCUT2D eigenvalue weighted by molar-refractivity contribution is 5.91. The summed E-state index contributed by atoms with van der Waals surface area (Å²) >= 11 is 0. The van der Waals surface area contributed by atoms with Gasteiger partial charge in [0.1, 0.15) is 12.4 Å². The van der Waals surface area contributed by atoms with Crippen molar-refractivity contribution in [3.63, 3.8) is 0 Å². The van der Waals surface area contributed by atoms with E-state index in [1.54, 1.807) is 24.5 Å². The molecule has 1 amide bonds. The fraction of sp³-hybridized carbons (Fsp3) is 0.115. The zero-order valence-electron chi connectivity index (χ0n) is 17.6. The van der Waals surface area contributed by atoms with Crippen LogP contribution < -0.4 is 10.1 Å². The Bertz CT molecular complexity index is 1140. The van der Waals surface area contributed by atoms with E-state index in [0.717, 1.165) is 34.7 Å². The topological polar surface area (TPSA) is 69.0 Å². The van der Waals surface area contributed by atoms with E-state index in [0.29, 0.717) is 13.2 Å². The Morgan fingerprint density at radius 3 is 2.53 bits per heavy atom. The summed E-state index contributed by atoms with van der Waals surface area (Å²) < 4.78 is 7.54. The third-order valence-corrected chi connectivity index (χ3v) is 4.84. The van der Waals surface area contributed by atoms with Gasteiger partial charge in [-0.2, -0.15) is 5.10 Å². The molecule has 0 aliphatic rings. The lowest BCUT2D eigenvalue weighted by atomic mass is 10.1. The standard InChI is InChI=1S/C26H24N4O2/c31-26(28-18-15-22-5-10-24(11-6-22)30-19-3-17-29-30)14-9-21-7-12-25(13-8-21)32-20-23-4-1-2-16-27-23/h1-14,16-17,19H,15,18,20H2,(H,28,31)/b14-9+. The Morgan fingerprint density at radius 2 is 1.81 bits per heavy atom. The van der Waals surface area contributed by atoms with Crippen LogP contribution in [0.5, 0.6) is 5.75 Å². The second-order valence-electron chi connectivity index (χ2n) is 7.17. The smallest absolute Gasteiger partial charge is 0.244 e. The monoisotopic (exact) mass is 424 g/mol. The van der Waals surface area contributed by atoms with E-state index in [9.17, 15) is 4.79 Å². The van der Waals surface area contributed by atoms with Gasteiger partial charge in [0.15, 0.2) is 0 Å². The first-order chi connectivity index (χ1) is 15.8. The van der Waals surface area contributed by atoms with Gasteiger partial charge in [-0.1, -0.05) is 30.3 Å². The third-order valence-electron chi connectivity index (χ3n) is 4.84. The number of nitrogens with one attached hydrogen (secondary N) is 1. The van der Waals surface area contributed by atoms with Crippen molar-refractivity contribution in [2.75, 3.05) is 6.54 Å². The predicted octanol–water partition coefficient (Wildman–Crippen LogP) is 4.22. The number of hydrogen-bond donors (Lipinski definition) is 1. The number of carbonyl (C=O) groups is 1. The summed E-state index contributed by atoms with van der Waals surface area (Å²) in [5.41, 5.74) is 3.98. The average Bonchev–Trinajstić information content (AvgIpc) is 3.38. The molecule has 2 aromatic carbocycles. The zero-order chi connectivity index (χ0) is 22.0. The van der Waals surface area contributed by atoms with Gasteiger partial charge in [0.25, 0.3) is 0 Å². The van der Waals surface area contributed by atoms with Gasteiger partial charge in [0.2, 0.25) is 5.91 Å². The number of rotatable bonds is 9. The van der Waals surface area contributed by atoms with Crippen LogP contribution in [0.3, 0.4) is 0 Å². The molecule has 2 aromatic heterocycles. The van der Waals surface area contributed by atoms with Crippen molar-refractivity contribution >= 4 is 12.0 Å². The molecule has 32 heavy (non-hydrogen) atoms. The maximum absolute atomic E-state index is 12.1. The lowest BCUT2D eigenvalue weighted by molar-refractivity contribution is -0.116. The Morgan fingerprint density at radius 1 is 0.969 bits per heavy atom. The number of amides is 1. The van der Waals surface area contributed by atoms with Crippen LogP contribution in [0, 0.1) is 0 Å². The molecule has 4 rings (SSSR count). The van der Waals surface area contributed by atoms with Gasteiger partial charge in [0.05, 0.1) is 11.4 Å². The molecule has 0 unspecified atom stereocenters. The molecule has 0 saturated carbocycles. The van der Waals surface area contributed by atoms with E-state index in [4.69, 9.17) is 4.74 Å². The summed E-state index contributed by atoms with van der Waals surface area (Å²) in [7, 11) is 0. The van der Waals surface area contributed by atoms with Crippen molar-refractivity contribution in [1.82, 2.24) is 20.1 Å². The number of ether oxygens (including phenoxy) is 1. The third kappa shape index (κ3) is 6.15. The summed E-state index contributed by atoms with van der Waals surface area (Å²) in [6, 6.07) is 23.4. The minimum absolute atomic E-state index is 0.117. The van der Waals surface area contributed by atoms with Gasteiger partial charge < -0.3 is 10.1 Å². The summed E-state index contributed by atoms with van der Waals surface area (Å²) in [4.78, 5) is 16.3. The van der Waals surface area contributed by atoms with Crippen molar-refractivity contribution in [3.8, 4) is 11.4 Å². The Balaban J connectivity index is 1.19. The van der Waals surface area contributed by atoms with Crippen LogP contribution >= 0.6 is 0 Å². The van der Waals surface area contributed by atoms with Crippen molar-refractivity contribution in [3.05, 3.63) is 114 Å². The fourth-order valence-corrected chi connectivity index (χ4v) is 3.11. The highest BCUT2D eigenvalue weighted by atomic mass is 16.5. The van der Waals surface area contributed by atoms with Gasteiger partial charge in [-0.25, -0.2) is 4.68 Å². The Hall–Kier alpha value is -4.19. The summed E-state index contributed by atoms with van der Waals surface area (Å²) in [5, 5.41) is 7.13. The molecule has 0 fully saturated rings. The second kappa shape index (κ2) is 10.7. The first-order valence-corrected chi connectivity index (χ1v) is 10.4. The Labute approximate surface area is 187 Å². The van der Waals surface area contributed by atoms with Gasteiger partial charge in [-0.05, 0) is 66.1 Å². The van der Waals surface area contributed by atoms with Crippen molar-refractivity contribution in [2.45, 2.75) is 13.0 Å². The Kier molecular flexibility index (Phi) is 7.06. The second-order valence-corrected chi connectivity index (χ2v) is 7.17. The molecule has 0 aliphatic heterocycles.